The van der Waals surface area contributed by atoms with Crippen LogP contribution in [0.2, 0.25) is 0 Å². The fourth-order valence-corrected chi connectivity index (χ4v) is 3.08. The van der Waals surface area contributed by atoms with E-state index in [9.17, 15) is 4.79 Å². The minimum atomic E-state index is 0.252. The second-order valence-corrected chi connectivity index (χ2v) is 5.97. The van der Waals surface area contributed by atoms with Gasteiger partial charge in [0.1, 0.15) is 0 Å². The normalized spacial score (nSPS) is 22.9. The molecule has 2 atom stereocenters. The fraction of sp³-hybridized carbons (Fsp3) is 0.389. The first-order valence-corrected chi connectivity index (χ1v) is 7.48. The van der Waals surface area contributed by atoms with E-state index in [-0.39, 0.29) is 5.78 Å². The average molecular weight is 267 g/mol. The summed E-state index contributed by atoms with van der Waals surface area (Å²) < 4.78 is 0. The molecule has 1 aliphatic heterocycles. The summed E-state index contributed by atoms with van der Waals surface area (Å²) in [5.41, 5.74) is 0.837. The van der Waals surface area contributed by atoms with Crippen molar-refractivity contribution >= 4 is 16.6 Å². The van der Waals surface area contributed by atoms with E-state index < -0.39 is 0 Å². The molecule has 3 rings (SSSR count). The van der Waals surface area contributed by atoms with Crippen LogP contribution >= 0.6 is 0 Å². The lowest BCUT2D eigenvalue weighted by Gasteiger charge is -2.27. The Balaban J connectivity index is 1.75. The molecule has 0 saturated carbocycles. The topological polar surface area (TPSA) is 29.1 Å². The number of Topliss-reactive ketones (excluding diaryl/α,β-unsaturated/α-hetero) is 1. The van der Waals surface area contributed by atoms with Crippen LogP contribution in [0.15, 0.2) is 42.5 Å². The van der Waals surface area contributed by atoms with E-state index in [4.69, 9.17) is 0 Å². The van der Waals surface area contributed by atoms with Gasteiger partial charge in [0, 0.05) is 18.0 Å². The van der Waals surface area contributed by atoms with Gasteiger partial charge in [-0.15, -0.1) is 0 Å². The van der Waals surface area contributed by atoms with Gasteiger partial charge in [-0.1, -0.05) is 43.3 Å². The fourth-order valence-electron chi connectivity index (χ4n) is 3.08. The third-order valence-corrected chi connectivity index (χ3v) is 4.26. The Morgan fingerprint density at radius 1 is 1.20 bits per heavy atom. The van der Waals surface area contributed by atoms with Crippen molar-refractivity contribution in [3.63, 3.8) is 0 Å². The molecular formula is C18H21NO. The highest BCUT2D eigenvalue weighted by atomic mass is 16.1. The molecule has 104 valence electrons. The SMILES string of the molecule is CC1CCNC(CC(=O)c2ccc3ccccc3c2)C1. The van der Waals surface area contributed by atoms with E-state index in [0.717, 1.165) is 29.8 Å². The van der Waals surface area contributed by atoms with Gasteiger partial charge in [-0.05, 0) is 42.1 Å². The van der Waals surface area contributed by atoms with Crippen LogP contribution in [-0.4, -0.2) is 18.4 Å². The van der Waals surface area contributed by atoms with Gasteiger partial charge < -0.3 is 5.32 Å². The zero-order valence-corrected chi connectivity index (χ0v) is 11.9. The lowest BCUT2D eigenvalue weighted by Crippen LogP contribution is -2.38. The Morgan fingerprint density at radius 3 is 2.80 bits per heavy atom. The van der Waals surface area contributed by atoms with Crippen molar-refractivity contribution in [3.8, 4) is 0 Å². The number of hydrogen-bond donors (Lipinski definition) is 1. The largest absolute Gasteiger partial charge is 0.314 e. The van der Waals surface area contributed by atoms with Crippen molar-refractivity contribution in [2.24, 2.45) is 5.92 Å². The number of carbonyl (C=O) groups excluding carboxylic acids is 1. The Hall–Kier alpha value is -1.67. The predicted octanol–water partition coefficient (Wildman–Crippen LogP) is 3.80. The van der Waals surface area contributed by atoms with E-state index in [0.29, 0.717) is 12.5 Å². The number of carbonyl (C=O) groups is 1. The van der Waals surface area contributed by atoms with Crippen molar-refractivity contribution in [1.29, 1.82) is 0 Å². The summed E-state index contributed by atoms with van der Waals surface area (Å²) >= 11 is 0. The highest BCUT2D eigenvalue weighted by molar-refractivity contribution is 6.00. The van der Waals surface area contributed by atoms with Crippen LogP contribution in [-0.2, 0) is 0 Å². The molecule has 2 aromatic carbocycles. The first-order chi connectivity index (χ1) is 9.72. The predicted molar refractivity (Wildman–Crippen MR) is 83.1 cm³/mol. The van der Waals surface area contributed by atoms with Gasteiger partial charge in [-0.3, -0.25) is 4.79 Å². The van der Waals surface area contributed by atoms with Gasteiger partial charge in [-0.25, -0.2) is 0 Å². The quantitative estimate of drug-likeness (QED) is 0.857. The molecule has 1 aliphatic rings. The average Bonchev–Trinajstić information content (AvgIpc) is 2.47. The summed E-state index contributed by atoms with van der Waals surface area (Å²) in [5, 5.41) is 5.80. The minimum Gasteiger partial charge on any atom is -0.314 e. The highest BCUT2D eigenvalue weighted by Gasteiger charge is 2.21. The van der Waals surface area contributed by atoms with Crippen molar-refractivity contribution in [2.45, 2.75) is 32.2 Å². The van der Waals surface area contributed by atoms with Crippen LogP contribution in [0.3, 0.4) is 0 Å². The first kappa shape index (κ1) is 13.3. The Morgan fingerprint density at radius 2 is 2.00 bits per heavy atom. The lowest BCUT2D eigenvalue weighted by molar-refractivity contribution is 0.0959. The Labute approximate surface area is 120 Å². The van der Waals surface area contributed by atoms with Crippen molar-refractivity contribution in [2.75, 3.05) is 6.54 Å². The molecular weight excluding hydrogens is 246 g/mol. The molecule has 0 radical (unpaired) electrons. The molecule has 0 spiro atoms. The number of hydrogen-bond acceptors (Lipinski definition) is 2. The third-order valence-electron chi connectivity index (χ3n) is 4.26. The molecule has 0 bridgehead atoms. The van der Waals surface area contributed by atoms with E-state index in [1.807, 2.05) is 30.3 Å². The molecule has 1 saturated heterocycles. The summed E-state index contributed by atoms with van der Waals surface area (Å²) in [6, 6.07) is 14.5. The summed E-state index contributed by atoms with van der Waals surface area (Å²) in [4.78, 5) is 12.4. The van der Waals surface area contributed by atoms with Gasteiger partial charge in [0.05, 0.1) is 0 Å². The zero-order valence-electron chi connectivity index (χ0n) is 11.9. The molecule has 0 aliphatic carbocycles. The molecule has 1 fully saturated rings. The van der Waals surface area contributed by atoms with Crippen LogP contribution in [0.4, 0.5) is 0 Å². The standard InChI is InChI=1S/C18H21NO/c1-13-8-9-19-17(10-13)12-18(20)16-7-6-14-4-2-3-5-15(14)11-16/h2-7,11,13,17,19H,8-10,12H2,1H3. The maximum atomic E-state index is 12.4. The monoisotopic (exact) mass is 267 g/mol. The van der Waals surface area contributed by atoms with Crippen LogP contribution in [0.25, 0.3) is 10.8 Å². The second-order valence-electron chi connectivity index (χ2n) is 5.97. The van der Waals surface area contributed by atoms with Crippen LogP contribution < -0.4 is 5.32 Å². The number of nitrogens with one attached hydrogen (secondary N) is 1. The number of benzene rings is 2. The van der Waals surface area contributed by atoms with E-state index in [1.165, 1.54) is 11.8 Å². The zero-order chi connectivity index (χ0) is 13.9. The molecule has 2 aromatic rings. The molecule has 1 N–H and O–H groups in total. The highest BCUT2D eigenvalue weighted by Crippen LogP contribution is 2.21. The van der Waals surface area contributed by atoms with Gasteiger partial charge in [0.2, 0.25) is 0 Å². The van der Waals surface area contributed by atoms with E-state index in [1.54, 1.807) is 0 Å². The summed E-state index contributed by atoms with van der Waals surface area (Å²) in [6.45, 7) is 3.31. The smallest absolute Gasteiger partial charge is 0.164 e. The summed E-state index contributed by atoms with van der Waals surface area (Å²) in [5.74, 6) is 0.980. The number of ketones is 1. The maximum absolute atomic E-state index is 12.4. The minimum absolute atomic E-state index is 0.252. The number of piperidine rings is 1. The van der Waals surface area contributed by atoms with Gasteiger partial charge >= 0.3 is 0 Å². The Kier molecular flexibility index (Phi) is 3.83. The summed E-state index contributed by atoms with van der Waals surface area (Å²) in [7, 11) is 0. The molecule has 2 nitrogen and oxygen atoms in total. The lowest BCUT2D eigenvalue weighted by atomic mass is 9.90. The second kappa shape index (κ2) is 5.76. The molecule has 0 aromatic heterocycles. The van der Waals surface area contributed by atoms with Gasteiger partial charge in [-0.2, -0.15) is 0 Å². The Bertz CT molecular complexity index is 620. The van der Waals surface area contributed by atoms with Crippen LogP contribution in [0, 0.1) is 5.92 Å². The number of rotatable bonds is 3. The molecule has 2 heteroatoms. The maximum Gasteiger partial charge on any atom is 0.164 e. The summed E-state index contributed by atoms with van der Waals surface area (Å²) in [6.07, 6.45) is 2.95. The molecule has 20 heavy (non-hydrogen) atoms. The van der Waals surface area contributed by atoms with Crippen molar-refractivity contribution in [1.82, 2.24) is 5.32 Å². The van der Waals surface area contributed by atoms with Crippen molar-refractivity contribution < 1.29 is 4.79 Å². The van der Waals surface area contributed by atoms with Gasteiger partial charge in [0.15, 0.2) is 5.78 Å². The van der Waals surface area contributed by atoms with Crippen molar-refractivity contribution in [3.05, 3.63) is 48.0 Å². The first-order valence-electron chi connectivity index (χ1n) is 7.48. The number of fused-ring (bicyclic) bond motifs is 1. The van der Waals surface area contributed by atoms with Crippen LogP contribution in [0.1, 0.15) is 36.5 Å². The van der Waals surface area contributed by atoms with Crippen LogP contribution in [0.5, 0.6) is 0 Å². The molecule has 2 unspecified atom stereocenters. The molecule has 0 amide bonds. The molecule has 1 heterocycles. The van der Waals surface area contributed by atoms with E-state index in [2.05, 4.69) is 24.4 Å². The van der Waals surface area contributed by atoms with Gasteiger partial charge in [0.25, 0.3) is 0 Å². The third kappa shape index (κ3) is 2.91. The van der Waals surface area contributed by atoms with E-state index >= 15 is 0 Å².